The summed E-state index contributed by atoms with van der Waals surface area (Å²) in [5, 5.41) is 0.738. The van der Waals surface area contributed by atoms with Gasteiger partial charge in [0, 0.05) is 30.5 Å². The van der Waals surface area contributed by atoms with E-state index in [2.05, 4.69) is 4.98 Å². The van der Waals surface area contributed by atoms with E-state index in [-0.39, 0.29) is 24.7 Å². The molecule has 0 aliphatic heterocycles. The first kappa shape index (κ1) is 17.5. The van der Waals surface area contributed by atoms with E-state index in [1.54, 1.807) is 12.1 Å². The van der Waals surface area contributed by atoms with Crippen molar-refractivity contribution in [2.75, 3.05) is 13.7 Å². The van der Waals surface area contributed by atoms with Gasteiger partial charge in [-0.15, -0.1) is 0 Å². The van der Waals surface area contributed by atoms with Crippen molar-refractivity contribution in [3.8, 4) is 5.75 Å². The molecule has 0 aliphatic carbocycles. The Kier molecular flexibility index (Phi) is 5.79. The van der Waals surface area contributed by atoms with Crippen molar-refractivity contribution < 1.29 is 18.3 Å². The van der Waals surface area contributed by atoms with Gasteiger partial charge in [-0.25, -0.2) is 4.98 Å². The second kappa shape index (κ2) is 7.61. The van der Waals surface area contributed by atoms with Gasteiger partial charge in [0.05, 0.1) is 11.6 Å². The summed E-state index contributed by atoms with van der Waals surface area (Å²) in [6.45, 7) is -3.08. The van der Waals surface area contributed by atoms with Gasteiger partial charge in [0.1, 0.15) is 11.6 Å². The zero-order valence-electron chi connectivity index (χ0n) is 12.0. The van der Waals surface area contributed by atoms with Crippen molar-refractivity contribution >= 4 is 29.1 Å². The fraction of sp³-hybridized carbons (Fsp3) is 0.286. The number of hydrogen-bond donors (Lipinski definition) is 0. The van der Waals surface area contributed by atoms with Gasteiger partial charge >= 0.3 is 6.55 Å². The average molecular weight is 364 g/mol. The number of ether oxygens (including phenoxy) is 1. The number of benzene rings is 1. The van der Waals surface area contributed by atoms with Crippen molar-refractivity contribution in [3.63, 3.8) is 0 Å². The lowest BCUT2D eigenvalue weighted by molar-refractivity contribution is -0.132. The summed E-state index contributed by atoms with van der Waals surface area (Å²) in [6.07, 6.45) is 2.41. The molecule has 0 saturated carbocycles. The predicted octanol–water partition coefficient (Wildman–Crippen LogP) is 3.62. The summed E-state index contributed by atoms with van der Waals surface area (Å²) in [7, 11) is 1.47. The van der Waals surface area contributed by atoms with E-state index >= 15 is 0 Å². The first-order chi connectivity index (χ1) is 10.9. The molecule has 9 heteroatoms. The monoisotopic (exact) mass is 363 g/mol. The van der Waals surface area contributed by atoms with Crippen LogP contribution in [0.3, 0.4) is 0 Å². The number of hydrogen-bond acceptors (Lipinski definition) is 3. The number of halogens is 4. The second-order valence-corrected chi connectivity index (χ2v) is 5.49. The van der Waals surface area contributed by atoms with Crippen LogP contribution in [-0.4, -0.2) is 34.0 Å². The van der Waals surface area contributed by atoms with Gasteiger partial charge in [-0.1, -0.05) is 23.2 Å². The maximum absolute atomic E-state index is 12.7. The van der Waals surface area contributed by atoms with E-state index in [9.17, 15) is 13.6 Å². The third-order valence-electron chi connectivity index (χ3n) is 3.01. The van der Waals surface area contributed by atoms with Gasteiger partial charge in [0.25, 0.3) is 5.91 Å². The van der Waals surface area contributed by atoms with E-state index in [1.165, 1.54) is 24.2 Å². The number of nitrogens with zero attached hydrogens (tertiary/aromatic N) is 3. The Balaban J connectivity index is 1.95. The summed E-state index contributed by atoms with van der Waals surface area (Å²) >= 11 is 11.7. The topological polar surface area (TPSA) is 47.4 Å². The molecule has 1 amide bonds. The average Bonchev–Trinajstić information content (AvgIpc) is 2.96. The van der Waals surface area contributed by atoms with E-state index in [0.717, 1.165) is 6.20 Å². The first-order valence-corrected chi connectivity index (χ1v) is 7.25. The Bertz CT molecular complexity index is 694. The molecule has 0 aliphatic rings. The fourth-order valence-electron chi connectivity index (χ4n) is 1.78. The molecule has 0 unspecified atom stereocenters. The van der Waals surface area contributed by atoms with E-state index in [0.29, 0.717) is 14.6 Å². The molecule has 0 N–H and O–H groups in total. The fourth-order valence-corrected chi connectivity index (χ4v) is 2.12. The smallest absolute Gasteiger partial charge is 0.319 e. The number of aromatic nitrogens is 2. The highest BCUT2D eigenvalue weighted by atomic mass is 35.5. The number of alkyl halides is 2. The molecule has 0 fully saturated rings. The van der Waals surface area contributed by atoms with Gasteiger partial charge in [-0.3, -0.25) is 9.36 Å². The first-order valence-electron chi connectivity index (χ1n) is 6.50. The van der Waals surface area contributed by atoms with Crippen LogP contribution in [0, 0.1) is 0 Å². The summed E-state index contributed by atoms with van der Waals surface area (Å²) in [6, 6.07) is 4.63. The molecule has 124 valence electrons. The predicted molar refractivity (Wildman–Crippen MR) is 81.9 cm³/mol. The molecular formula is C14H13Cl2F2N3O2. The molecule has 1 heterocycles. The van der Waals surface area contributed by atoms with Crippen LogP contribution in [-0.2, 0) is 11.3 Å². The number of imidazole rings is 1. The maximum atomic E-state index is 12.7. The van der Waals surface area contributed by atoms with Crippen molar-refractivity contribution in [2.24, 2.45) is 0 Å². The maximum Gasteiger partial charge on any atom is 0.319 e. The standard InChI is InChI=1S/C14H13Cl2F2N3O2/c1-20(7-12-19-4-5-21(12)14(17)18)13(22)8-23-11-6-9(15)2-3-10(11)16/h2-6,14H,7-8H2,1H3. The van der Waals surface area contributed by atoms with E-state index in [1.807, 2.05) is 0 Å². The summed E-state index contributed by atoms with van der Waals surface area (Å²) in [5.41, 5.74) is 0. The highest BCUT2D eigenvalue weighted by molar-refractivity contribution is 6.34. The molecule has 0 radical (unpaired) electrons. The largest absolute Gasteiger partial charge is 0.482 e. The molecular weight excluding hydrogens is 351 g/mol. The molecule has 1 aromatic heterocycles. The number of amides is 1. The zero-order chi connectivity index (χ0) is 17.0. The molecule has 23 heavy (non-hydrogen) atoms. The Labute approximate surface area is 141 Å². The number of rotatable bonds is 6. The van der Waals surface area contributed by atoms with Crippen LogP contribution < -0.4 is 4.74 Å². The minimum Gasteiger partial charge on any atom is -0.482 e. The SMILES string of the molecule is CN(Cc1nccn1C(F)F)C(=O)COc1cc(Cl)ccc1Cl. The van der Waals surface area contributed by atoms with Gasteiger partial charge in [-0.2, -0.15) is 8.78 Å². The van der Waals surface area contributed by atoms with Gasteiger partial charge in [0.2, 0.25) is 0 Å². The lowest BCUT2D eigenvalue weighted by atomic mass is 10.3. The zero-order valence-corrected chi connectivity index (χ0v) is 13.6. The quantitative estimate of drug-likeness (QED) is 0.787. The molecule has 2 rings (SSSR count). The van der Waals surface area contributed by atoms with Crippen molar-refractivity contribution in [1.82, 2.24) is 14.5 Å². The number of carbonyl (C=O) groups excluding carboxylic acids is 1. The van der Waals surface area contributed by atoms with Gasteiger partial charge < -0.3 is 9.64 Å². The lowest BCUT2D eigenvalue weighted by Crippen LogP contribution is -2.32. The van der Waals surface area contributed by atoms with Crippen molar-refractivity contribution in [3.05, 3.63) is 46.5 Å². The molecule has 0 saturated heterocycles. The summed E-state index contributed by atoms with van der Waals surface area (Å²) in [5.74, 6) is -0.0588. The second-order valence-electron chi connectivity index (χ2n) is 4.64. The normalized spacial score (nSPS) is 10.9. The Morgan fingerprint density at radius 1 is 1.43 bits per heavy atom. The highest BCUT2D eigenvalue weighted by Crippen LogP contribution is 2.27. The molecule has 0 atom stereocenters. The molecule has 2 aromatic rings. The van der Waals surface area contributed by atoms with Gasteiger partial charge in [-0.05, 0) is 12.1 Å². The van der Waals surface area contributed by atoms with Crippen LogP contribution in [0.5, 0.6) is 5.75 Å². The molecule has 0 spiro atoms. The Hall–Kier alpha value is -1.86. The molecule has 0 bridgehead atoms. The third kappa shape index (κ3) is 4.56. The Morgan fingerprint density at radius 3 is 2.87 bits per heavy atom. The number of likely N-dealkylation sites (N-methyl/N-ethyl adjacent to an activating group) is 1. The molecule has 5 nitrogen and oxygen atoms in total. The highest BCUT2D eigenvalue weighted by Gasteiger charge is 2.17. The summed E-state index contributed by atoms with van der Waals surface area (Å²) < 4.78 is 31.5. The third-order valence-corrected chi connectivity index (χ3v) is 3.56. The van der Waals surface area contributed by atoms with E-state index in [4.69, 9.17) is 27.9 Å². The van der Waals surface area contributed by atoms with Crippen LogP contribution >= 0.6 is 23.2 Å². The van der Waals surface area contributed by atoms with Crippen molar-refractivity contribution in [2.45, 2.75) is 13.1 Å². The van der Waals surface area contributed by atoms with Crippen molar-refractivity contribution in [1.29, 1.82) is 0 Å². The van der Waals surface area contributed by atoms with E-state index < -0.39 is 12.5 Å². The van der Waals surface area contributed by atoms with Crippen LogP contribution in [0.25, 0.3) is 0 Å². The van der Waals surface area contributed by atoms with Crippen LogP contribution in [0.1, 0.15) is 12.4 Å². The van der Waals surface area contributed by atoms with Crippen LogP contribution in [0.4, 0.5) is 8.78 Å². The molecule has 1 aromatic carbocycles. The minimum atomic E-state index is -2.71. The minimum absolute atomic E-state index is 0.0667. The Morgan fingerprint density at radius 2 is 2.17 bits per heavy atom. The van der Waals surface area contributed by atoms with Crippen LogP contribution in [0.2, 0.25) is 10.0 Å². The lowest BCUT2D eigenvalue weighted by Gasteiger charge is -2.18. The number of carbonyl (C=O) groups is 1. The summed E-state index contributed by atoms with van der Waals surface area (Å²) in [4.78, 5) is 17.1. The van der Waals surface area contributed by atoms with Gasteiger partial charge in [0.15, 0.2) is 6.61 Å². The van der Waals surface area contributed by atoms with Crippen LogP contribution in [0.15, 0.2) is 30.6 Å².